The Morgan fingerprint density at radius 2 is 2.06 bits per heavy atom. The topological polar surface area (TPSA) is 58.7 Å². The molecule has 4 nitrogen and oxygen atoms in total. The summed E-state index contributed by atoms with van der Waals surface area (Å²) in [4.78, 5) is 2.17. The summed E-state index contributed by atoms with van der Waals surface area (Å²) in [6.45, 7) is 5.68. The zero-order valence-electron chi connectivity index (χ0n) is 10.7. The summed E-state index contributed by atoms with van der Waals surface area (Å²) in [6.07, 6.45) is 2.32. The van der Waals surface area contributed by atoms with Crippen molar-refractivity contribution in [1.29, 1.82) is 0 Å². The van der Waals surface area contributed by atoms with Crippen LogP contribution in [-0.4, -0.2) is 55.0 Å². The third kappa shape index (κ3) is 4.78. The zero-order valence-corrected chi connectivity index (χ0v) is 10.7. The highest BCUT2D eigenvalue weighted by Crippen LogP contribution is 2.34. The van der Waals surface area contributed by atoms with Crippen LogP contribution >= 0.6 is 0 Å². The average molecular weight is 230 g/mol. The van der Waals surface area contributed by atoms with Crippen molar-refractivity contribution in [2.45, 2.75) is 44.9 Å². The molecule has 1 saturated carbocycles. The highest BCUT2D eigenvalue weighted by Gasteiger charge is 2.33. The average Bonchev–Trinajstić information content (AvgIpc) is 3.00. The summed E-state index contributed by atoms with van der Waals surface area (Å²) >= 11 is 0. The Labute approximate surface area is 98.8 Å². The van der Waals surface area contributed by atoms with E-state index in [1.807, 2.05) is 20.9 Å². The van der Waals surface area contributed by atoms with Gasteiger partial charge in [0.2, 0.25) is 0 Å². The summed E-state index contributed by atoms with van der Waals surface area (Å²) in [5.41, 5.74) is 5.76. The number of nitrogens with two attached hydrogens (primary N) is 1. The first-order valence-electron chi connectivity index (χ1n) is 6.24. The van der Waals surface area contributed by atoms with Gasteiger partial charge in [-0.1, -0.05) is 0 Å². The summed E-state index contributed by atoms with van der Waals surface area (Å²) in [5, 5.41) is 9.81. The maximum Gasteiger partial charge on any atom is 0.0900 e. The number of aliphatic hydroxyl groups excluding tert-OH is 1. The number of hydrogen-bond donors (Lipinski definition) is 2. The quantitative estimate of drug-likeness (QED) is 0.635. The summed E-state index contributed by atoms with van der Waals surface area (Å²) in [7, 11) is 2.04. The van der Waals surface area contributed by atoms with Crippen molar-refractivity contribution in [2.24, 2.45) is 11.7 Å². The Bertz CT molecular complexity index is 195. The molecule has 0 radical (unpaired) electrons. The van der Waals surface area contributed by atoms with E-state index in [2.05, 4.69) is 4.90 Å². The van der Waals surface area contributed by atoms with Gasteiger partial charge in [-0.15, -0.1) is 0 Å². The van der Waals surface area contributed by atoms with Gasteiger partial charge < -0.3 is 15.6 Å². The number of nitrogens with zero attached hydrogens (tertiary/aromatic N) is 1. The summed E-state index contributed by atoms with van der Waals surface area (Å²) in [5.74, 6) is 0.744. The fourth-order valence-corrected chi connectivity index (χ4v) is 2.04. The van der Waals surface area contributed by atoms with Crippen LogP contribution in [0.4, 0.5) is 0 Å². The van der Waals surface area contributed by atoms with Gasteiger partial charge in [0.25, 0.3) is 0 Å². The lowest BCUT2D eigenvalue weighted by molar-refractivity contribution is -0.0109. The summed E-state index contributed by atoms with van der Waals surface area (Å²) in [6, 6.07) is 0.425. The number of ether oxygens (including phenoxy) is 1. The molecular formula is C12H26N2O2. The monoisotopic (exact) mass is 230 g/mol. The van der Waals surface area contributed by atoms with Gasteiger partial charge in [0.15, 0.2) is 0 Å². The van der Waals surface area contributed by atoms with E-state index in [9.17, 15) is 5.11 Å². The van der Waals surface area contributed by atoms with Crippen LogP contribution in [0, 0.1) is 5.92 Å². The highest BCUT2D eigenvalue weighted by atomic mass is 16.5. The van der Waals surface area contributed by atoms with Crippen LogP contribution in [0.3, 0.4) is 0 Å². The lowest BCUT2D eigenvalue weighted by atomic mass is 10.1. The predicted molar refractivity (Wildman–Crippen MR) is 65.3 cm³/mol. The van der Waals surface area contributed by atoms with Crippen LogP contribution in [0.25, 0.3) is 0 Å². The molecule has 0 heterocycles. The van der Waals surface area contributed by atoms with E-state index in [4.69, 9.17) is 10.5 Å². The third-order valence-corrected chi connectivity index (χ3v) is 3.09. The molecule has 0 aromatic heterocycles. The maximum atomic E-state index is 9.81. The number of likely N-dealkylation sites (N-methyl/N-ethyl adjacent to an activating group) is 1. The van der Waals surface area contributed by atoms with Crippen molar-refractivity contribution in [3.8, 4) is 0 Å². The lowest BCUT2D eigenvalue weighted by Gasteiger charge is -2.29. The van der Waals surface area contributed by atoms with Crippen LogP contribution in [0.2, 0.25) is 0 Å². The molecule has 16 heavy (non-hydrogen) atoms. The number of aliphatic hydroxyl groups is 1. The van der Waals surface area contributed by atoms with Crippen molar-refractivity contribution >= 4 is 0 Å². The molecule has 1 fully saturated rings. The van der Waals surface area contributed by atoms with Gasteiger partial charge in [-0.05, 0) is 39.7 Å². The van der Waals surface area contributed by atoms with Crippen LogP contribution in [0.1, 0.15) is 26.7 Å². The Morgan fingerprint density at radius 3 is 2.50 bits per heavy atom. The van der Waals surface area contributed by atoms with Crippen LogP contribution in [0.15, 0.2) is 0 Å². The molecule has 1 aliphatic rings. The second kappa shape index (κ2) is 6.55. The van der Waals surface area contributed by atoms with E-state index in [0.29, 0.717) is 25.7 Å². The van der Waals surface area contributed by atoms with Gasteiger partial charge >= 0.3 is 0 Å². The van der Waals surface area contributed by atoms with E-state index in [-0.39, 0.29) is 6.10 Å². The van der Waals surface area contributed by atoms with E-state index in [0.717, 1.165) is 5.92 Å². The molecule has 2 unspecified atom stereocenters. The molecule has 0 aromatic rings. The van der Waals surface area contributed by atoms with E-state index in [1.165, 1.54) is 12.8 Å². The first kappa shape index (κ1) is 13.9. The molecule has 0 aromatic carbocycles. The van der Waals surface area contributed by atoms with Crippen molar-refractivity contribution in [3.05, 3.63) is 0 Å². The van der Waals surface area contributed by atoms with Crippen molar-refractivity contribution in [1.82, 2.24) is 4.90 Å². The van der Waals surface area contributed by atoms with E-state index in [1.54, 1.807) is 0 Å². The molecule has 0 amide bonds. The second-order valence-electron chi connectivity index (χ2n) is 5.12. The summed E-state index contributed by atoms with van der Waals surface area (Å²) < 4.78 is 5.39. The molecule has 4 heteroatoms. The number of hydrogen-bond acceptors (Lipinski definition) is 4. The molecule has 1 rings (SSSR count). The lowest BCUT2D eigenvalue weighted by Crippen LogP contribution is -2.44. The van der Waals surface area contributed by atoms with Crippen molar-refractivity contribution in [2.75, 3.05) is 26.7 Å². The minimum atomic E-state index is -0.416. The first-order chi connectivity index (χ1) is 7.54. The van der Waals surface area contributed by atoms with Gasteiger partial charge in [-0.25, -0.2) is 0 Å². The van der Waals surface area contributed by atoms with Crippen LogP contribution in [0.5, 0.6) is 0 Å². The Kier molecular flexibility index (Phi) is 5.69. The largest absolute Gasteiger partial charge is 0.389 e. The minimum absolute atomic E-state index is 0.175. The number of rotatable bonds is 8. The van der Waals surface area contributed by atoms with Gasteiger partial charge in [0, 0.05) is 19.1 Å². The molecule has 1 aliphatic carbocycles. The van der Waals surface area contributed by atoms with Crippen LogP contribution in [-0.2, 0) is 4.74 Å². The van der Waals surface area contributed by atoms with E-state index >= 15 is 0 Å². The smallest absolute Gasteiger partial charge is 0.0900 e. The van der Waals surface area contributed by atoms with Crippen molar-refractivity contribution in [3.63, 3.8) is 0 Å². The van der Waals surface area contributed by atoms with Gasteiger partial charge in [-0.3, -0.25) is 4.90 Å². The molecule has 0 spiro atoms. The van der Waals surface area contributed by atoms with Crippen molar-refractivity contribution < 1.29 is 9.84 Å². The fourth-order valence-electron chi connectivity index (χ4n) is 2.04. The SMILES string of the molecule is CC(C)OCC(O)CN(C)C(CN)C1CC1. The molecule has 2 atom stereocenters. The molecule has 0 bridgehead atoms. The minimum Gasteiger partial charge on any atom is -0.389 e. The van der Waals surface area contributed by atoms with Gasteiger partial charge in [-0.2, -0.15) is 0 Å². The standard InChI is InChI=1S/C12H26N2O2/c1-9(2)16-8-11(15)7-14(3)12(6-13)10-4-5-10/h9-12,15H,4-8,13H2,1-3H3. The molecule has 3 N–H and O–H groups in total. The normalized spacial score (nSPS) is 20.4. The first-order valence-corrected chi connectivity index (χ1v) is 6.24. The molecule has 96 valence electrons. The Morgan fingerprint density at radius 1 is 1.44 bits per heavy atom. The fraction of sp³-hybridized carbons (Fsp3) is 1.00. The highest BCUT2D eigenvalue weighted by molar-refractivity contribution is 4.88. The molecule has 0 saturated heterocycles. The Balaban J connectivity index is 2.23. The van der Waals surface area contributed by atoms with E-state index < -0.39 is 6.10 Å². The maximum absolute atomic E-state index is 9.81. The Hall–Kier alpha value is -0.160. The van der Waals surface area contributed by atoms with Gasteiger partial charge in [0.1, 0.15) is 0 Å². The predicted octanol–water partition coefficient (Wildman–Crippen LogP) is 0.441. The molecule has 0 aliphatic heterocycles. The third-order valence-electron chi connectivity index (χ3n) is 3.09. The molecular weight excluding hydrogens is 204 g/mol. The zero-order chi connectivity index (χ0) is 12.1. The van der Waals surface area contributed by atoms with Gasteiger partial charge in [0.05, 0.1) is 18.8 Å². The van der Waals surface area contributed by atoms with Crippen LogP contribution < -0.4 is 5.73 Å². The second-order valence-corrected chi connectivity index (χ2v) is 5.12.